The summed E-state index contributed by atoms with van der Waals surface area (Å²) in [7, 11) is 1.22. The number of methoxy groups -OCH3 is 1. The Labute approximate surface area is 170 Å². The van der Waals surface area contributed by atoms with Crippen LogP contribution in [0.2, 0.25) is 0 Å². The van der Waals surface area contributed by atoms with Crippen molar-refractivity contribution < 1.29 is 23.5 Å². The monoisotopic (exact) mass is 412 g/mol. The Kier molecular flexibility index (Phi) is 6.04. The lowest BCUT2D eigenvalue weighted by molar-refractivity contribution is 0.0601. The summed E-state index contributed by atoms with van der Waals surface area (Å²) >= 11 is 0.964. The molecule has 0 spiro atoms. The second kappa shape index (κ2) is 8.66. The SMILES string of the molecule is COC(=O)c1c(NC(=O)c2ccc(F)cc2)sc(C(=O)Nc2ccccc2)c1C. The molecule has 2 amide bonds. The molecule has 1 heterocycles. The zero-order chi connectivity index (χ0) is 21.0. The number of hydrogen-bond donors (Lipinski definition) is 2. The lowest BCUT2D eigenvalue weighted by atomic mass is 10.1. The van der Waals surface area contributed by atoms with Gasteiger partial charge in [-0.25, -0.2) is 9.18 Å². The van der Waals surface area contributed by atoms with Crippen LogP contribution in [0.25, 0.3) is 0 Å². The molecular weight excluding hydrogens is 395 g/mol. The summed E-state index contributed by atoms with van der Waals surface area (Å²) in [6.45, 7) is 1.61. The first-order valence-corrected chi connectivity index (χ1v) is 9.37. The molecular formula is C21H17FN2O4S. The van der Waals surface area contributed by atoms with Gasteiger partial charge in [0, 0.05) is 11.3 Å². The standard InChI is InChI=1S/C21H17FN2O4S/c1-12-16(21(27)28-2)20(24-18(25)13-8-10-14(22)11-9-13)29-17(12)19(26)23-15-6-4-3-5-7-15/h3-11H,1-2H3,(H,23,26)(H,24,25). The molecule has 6 nitrogen and oxygen atoms in total. The predicted octanol–water partition coefficient (Wildman–Crippen LogP) is 4.49. The molecule has 0 fully saturated rings. The highest BCUT2D eigenvalue weighted by atomic mass is 32.1. The Hall–Kier alpha value is -3.52. The minimum Gasteiger partial charge on any atom is -0.465 e. The molecule has 0 saturated heterocycles. The second-order valence-electron chi connectivity index (χ2n) is 6.03. The molecule has 0 saturated carbocycles. The van der Waals surface area contributed by atoms with Crippen LogP contribution in [-0.2, 0) is 4.74 Å². The zero-order valence-electron chi connectivity index (χ0n) is 15.6. The third kappa shape index (κ3) is 4.49. The van der Waals surface area contributed by atoms with Crippen molar-refractivity contribution in [3.8, 4) is 0 Å². The zero-order valence-corrected chi connectivity index (χ0v) is 16.4. The van der Waals surface area contributed by atoms with E-state index in [2.05, 4.69) is 10.6 Å². The van der Waals surface area contributed by atoms with Crippen LogP contribution in [0.15, 0.2) is 54.6 Å². The minimum absolute atomic E-state index is 0.103. The quantitative estimate of drug-likeness (QED) is 0.605. The molecule has 0 aliphatic carbocycles. The highest BCUT2D eigenvalue weighted by Gasteiger charge is 2.26. The first-order chi connectivity index (χ1) is 13.9. The number of rotatable bonds is 5. The molecule has 0 aliphatic rings. The normalized spacial score (nSPS) is 10.3. The van der Waals surface area contributed by atoms with E-state index >= 15 is 0 Å². The molecule has 29 heavy (non-hydrogen) atoms. The van der Waals surface area contributed by atoms with Crippen molar-refractivity contribution >= 4 is 39.8 Å². The first-order valence-electron chi connectivity index (χ1n) is 8.55. The smallest absolute Gasteiger partial charge is 0.341 e. The van der Waals surface area contributed by atoms with Gasteiger partial charge in [-0.3, -0.25) is 9.59 Å². The van der Waals surface area contributed by atoms with Crippen LogP contribution in [0.4, 0.5) is 15.1 Å². The molecule has 0 bridgehead atoms. The van der Waals surface area contributed by atoms with E-state index in [1.807, 2.05) is 6.07 Å². The van der Waals surface area contributed by atoms with E-state index in [1.165, 1.54) is 19.2 Å². The van der Waals surface area contributed by atoms with Gasteiger partial charge in [0.15, 0.2) is 0 Å². The number of benzene rings is 2. The van der Waals surface area contributed by atoms with Crippen molar-refractivity contribution in [2.24, 2.45) is 0 Å². The number of esters is 1. The number of carbonyl (C=O) groups excluding carboxylic acids is 3. The van der Waals surface area contributed by atoms with E-state index in [4.69, 9.17) is 4.74 Å². The number of nitrogens with one attached hydrogen (secondary N) is 2. The fraction of sp³-hybridized carbons (Fsp3) is 0.0952. The van der Waals surface area contributed by atoms with Crippen LogP contribution in [-0.4, -0.2) is 24.9 Å². The van der Waals surface area contributed by atoms with Crippen molar-refractivity contribution in [2.45, 2.75) is 6.92 Å². The molecule has 3 aromatic rings. The number of amides is 2. The molecule has 148 valence electrons. The van der Waals surface area contributed by atoms with Gasteiger partial charge in [0.25, 0.3) is 11.8 Å². The van der Waals surface area contributed by atoms with Crippen molar-refractivity contribution in [2.75, 3.05) is 17.7 Å². The highest BCUT2D eigenvalue weighted by molar-refractivity contribution is 7.19. The van der Waals surface area contributed by atoms with Crippen molar-refractivity contribution in [3.63, 3.8) is 0 Å². The Morgan fingerprint density at radius 2 is 1.59 bits per heavy atom. The molecule has 0 atom stereocenters. The van der Waals surface area contributed by atoms with E-state index in [9.17, 15) is 18.8 Å². The van der Waals surface area contributed by atoms with Gasteiger partial charge in [0.05, 0.1) is 17.6 Å². The van der Waals surface area contributed by atoms with Crippen LogP contribution >= 0.6 is 11.3 Å². The summed E-state index contributed by atoms with van der Waals surface area (Å²) in [4.78, 5) is 37.7. The summed E-state index contributed by atoms with van der Waals surface area (Å²) in [5, 5.41) is 5.55. The average molecular weight is 412 g/mol. The maximum absolute atomic E-state index is 13.1. The van der Waals surface area contributed by atoms with Gasteiger partial charge in [-0.1, -0.05) is 18.2 Å². The summed E-state index contributed by atoms with van der Waals surface area (Å²) in [6, 6.07) is 13.8. The molecule has 0 aliphatic heterocycles. The second-order valence-corrected chi connectivity index (χ2v) is 7.05. The van der Waals surface area contributed by atoms with Crippen LogP contribution < -0.4 is 10.6 Å². The van der Waals surface area contributed by atoms with E-state index in [-0.39, 0.29) is 21.0 Å². The van der Waals surface area contributed by atoms with Gasteiger partial charge in [0.1, 0.15) is 10.8 Å². The molecule has 1 aromatic heterocycles. The molecule has 8 heteroatoms. The molecule has 2 aromatic carbocycles. The van der Waals surface area contributed by atoms with Crippen LogP contribution in [0.3, 0.4) is 0 Å². The number of carbonyl (C=O) groups is 3. The molecule has 2 N–H and O–H groups in total. The third-order valence-electron chi connectivity index (χ3n) is 4.11. The highest BCUT2D eigenvalue weighted by Crippen LogP contribution is 2.34. The fourth-order valence-corrected chi connectivity index (χ4v) is 3.74. The van der Waals surface area contributed by atoms with Crippen LogP contribution in [0.5, 0.6) is 0 Å². The Morgan fingerprint density at radius 1 is 0.931 bits per heavy atom. The fourth-order valence-electron chi connectivity index (χ4n) is 2.65. The van der Waals surface area contributed by atoms with Gasteiger partial charge >= 0.3 is 5.97 Å². The van der Waals surface area contributed by atoms with Crippen LogP contribution in [0, 0.1) is 12.7 Å². The number of para-hydroxylation sites is 1. The summed E-state index contributed by atoms with van der Waals surface area (Å²) in [6.07, 6.45) is 0. The van der Waals surface area contributed by atoms with Crippen LogP contribution in [0.1, 0.15) is 36.0 Å². The molecule has 0 radical (unpaired) electrons. The van der Waals surface area contributed by atoms with Crippen molar-refractivity contribution in [3.05, 3.63) is 82.0 Å². The first kappa shape index (κ1) is 20.2. The lowest BCUT2D eigenvalue weighted by Gasteiger charge is -2.06. The Balaban J connectivity index is 1.92. The average Bonchev–Trinajstić information content (AvgIpc) is 3.04. The summed E-state index contributed by atoms with van der Waals surface area (Å²) in [5.74, 6) is -2.09. The number of thiophene rings is 1. The Bertz CT molecular complexity index is 1060. The van der Waals surface area contributed by atoms with Gasteiger partial charge in [-0.05, 0) is 48.9 Å². The largest absolute Gasteiger partial charge is 0.465 e. The number of halogens is 1. The number of hydrogen-bond acceptors (Lipinski definition) is 5. The number of ether oxygens (including phenoxy) is 1. The lowest BCUT2D eigenvalue weighted by Crippen LogP contribution is -2.14. The van der Waals surface area contributed by atoms with Crippen molar-refractivity contribution in [1.82, 2.24) is 0 Å². The third-order valence-corrected chi connectivity index (χ3v) is 5.31. The van der Waals surface area contributed by atoms with Gasteiger partial charge in [0.2, 0.25) is 0 Å². The molecule has 3 rings (SSSR count). The van der Waals surface area contributed by atoms with E-state index in [0.29, 0.717) is 11.3 Å². The minimum atomic E-state index is -0.674. The summed E-state index contributed by atoms with van der Waals surface area (Å²) < 4.78 is 17.9. The van der Waals surface area contributed by atoms with E-state index < -0.39 is 23.6 Å². The van der Waals surface area contributed by atoms with E-state index in [1.54, 1.807) is 31.2 Å². The molecule has 0 unspecified atom stereocenters. The maximum Gasteiger partial charge on any atom is 0.341 e. The van der Waals surface area contributed by atoms with Gasteiger partial charge in [-0.2, -0.15) is 0 Å². The van der Waals surface area contributed by atoms with Gasteiger partial charge < -0.3 is 15.4 Å². The van der Waals surface area contributed by atoms with Crippen molar-refractivity contribution in [1.29, 1.82) is 0 Å². The maximum atomic E-state index is 13.1. The topological polar surface area (TPSA) is 84.5 Å². The van der Waals surface area contributed by atoms with E-state index in [0.717, 1.165) is 23.5 Å². The Morgan fingerprint density at radius 3 is 2.21 bits per heavy atom. The van der Waals surface area contributed by atoms with Gasteiger partial charge in [-0.15, -0.1) is 11.3 Å². The number of anilines is 2. The predicted molar refractivity (Wildman–Crippen MR) is 109 cm³/mol. The summed E-state index contributed by atoms with van der Waals surface area (Å²) in [5.41, 5.74) is 1.31.